The normalized spacial score (nSPS) is 11.7. The highest BCUT2D eigenvalue weighted by atomic mass is 32.1. The molecule has 5 aromatic carbocycles. The summed E-state index contributed by atoms with van der Waals surface area (Å²) in [5, 5.41) is 5.14. The van der Waals surface area contributed by atoms with Crippen molar-refractivity contribution >= 4 is 60.0 Å². The summed E-state index contributed by atoms with van der Waals surface area (Å²) < 4.78 is 5.04. The largest absolute Gasteiger partial charge is 0.309 e. The van der Waals surface area contributed by atoms with Crippen LogP contribution in [0.3, 0.4) is 0 Å². The lowest BCUT2D eigenvalue weighted by Gasteiger charge is -2.17. The third-order valence-corrected chi connectivity index (χ3v) is 8.05. The van der Waals surface area contributed by atoms with Crippen molar-refractivity contribution in [3.8, 4) is 16.8 Å². The molecule has 0 bridgehead atoms. The van der Waals surface area contributed by atoms with Crippen molar-refractivity contribution in [2.45, 2.75) is 6.54 Å². The molecule has 0 radical (unpaired) electrons. The number of rotatable bonds is 4. The molecular formula is C32H22N2S. The molecule has 0 aliphatic carbocycles. The molecule has 166 valence electrons. The van der Waals surface area contributed by atoms with Crippen LogP contribution >= 0.6 is 11.3 Å². The van der Waals surface area contributed by atoms with Crippen molar-refractivity contribution < 1.29 is 0 Å². The minimum atomic E-state index is 0.572. The predicted octanol–water partition coefficient (Wildman–Crippen LogP) is 9.02. The third-order valence-electron chi connectivity index (χ3n) is 6.90. The van der Waals surface area contributed by atoms with Crippen LogP contribution in [-0.2, 0) is 6.54 Å². The summed E-state index contributed by atoms with van der Waals surface area (Å²) in [6.45, 7) is 4.38. The van der Waals surface area contributed by atoms with E-state index in [9.17, 15) is 0 Å². The maximum atomic E-state index is 4.28. The van der Waals surface area contributed by atoms with Crippen molar-refractivity contribution in [1.82, 2.24) is 4.57 Å². The van der Waals surface area contributed by atoms with E-state index in [4.69, 9.17) is 0 Å². The van der Waals surface area contributed by atoms with E-state index in [2.05, 4.69) is 125 Å². The van der Waals surface area contributed by atoms with Gasteiger partial charge in [-0.2, -0.15) is 0 Å². The average Bonchev–Trinajstić information content (AvgIpc) is 3.44. The molecule has 2 nitrogen and oxygen atoms in total. The lowest BCUT2D eigenvalue weighted by atomic mass is 9.95. The Morgan fingerprint density at radius 3 is 2.03 bits per heavy atom. The van der Waals surface area contributed by atoms with Crippen LogP contribution in [0.5, 0.6) is 0 Å². The van der Waals surface area contributed by atoms with Gasteiger partial charge in [0.2, 0.25) is 0 Å². The van der Waals surface area contributed by atoms with Crippen molar-refractivity contribution in [3.63, 3.8) is 0 Å². The van der Waals surface area contributed by atoms with E-state index >= 15 is 0 Å². The SMILES string of the molecule is C=NCc1cccc(-n2c3ccccc3c3ccccc32)c1-c1ccc2sc3ccccc3c2c1. The van der Waals surface area contributed by atoms with Crippen LogP contribution in [0.2, 0.25) is 0 Å². The standard InChI is InChI=1S/C32H22N2S/c1-33-20-22-9-8-15-29(34-27-13-5-2-10-23(27)24-11-3-6-14-28(24)34)32(22)21-17-18-31-26(19-21)25-12-4-7-16-30(25)35-31/h2-19H,1,20H2. The molecule has 35 heavy (non-hydrogen) atoms. The molecule has 3 heteroatoms. The quantitative estimate of drug-likeness (QED) is 0.230. The Bertz CT molecular complexity index is 1850. The second kappa shape index (κ2) is 7.93. The van der Waals surface area contributed by atoms with Gasteiger partial charge in [0, 0.05) is 36.5 Å². The number of nitrogens with zero attached hydrogens (tertiary/aromatic N) is 2. The van der Waals surface area contributed by atoms with Crippen LogP contribution in [0, 0.1) is 0 Å². The van der Waals surface area contributed by atoms with E-state index < -0.39 is 0 Å². The molecule has 7 aromatic rings. The Balaban J connectivity index is 1.59. The smallest absolute Gasteiger partial charge is 0.0639 e. The molecule has 0 aliphatic heterocycles. The van der Waals surface area contributed by atoms with Gasteiger partial charge in [-0.05, 0) is 54.2 Å². The average molecular weight is 467 g/mol. The van der Waals surface area contributed by atoms with Gasteiger partial charge in [0.1, 0.15) is 0 Å². The van der Waals surface area contributed by atoms with Gasteiger partial charge in [0.05, 0.1) is 23.3 Å². The Hall–Kier alpha value is -4.21. The number of fused-ring (bicyclic) bond motifs is 6. The summed E-state index contributed by atoms with van der Waals surface area (Å²) >= 11 is 1.85. The van der Waals surface area contributed by atoms with Crippen LogP contribution in [0.4, 0.5) is 0 Å². The molecule has 0 unspecified atom stereocenters. The summed E-state index contributed by atoms with van der Waals surface area (Å²) in [6.07, 6.45) is 0. The molecular weight excluding hydrogens is 444 g/mol. The monoisotopic (exact) mass is 466 g/mol. The van der Waals surface area contributed by atoms with E-state index in [1.54, 1.807) is 0 Å². The number of hydrogen-bond donors (Lipinski definition) is 0. The molecule has 0 N–H and O–H groups in total. The van der Waals surface area contributed by atoms with Gasteiger partial charge >= 0.3 is 0 Å². The Morgan fingerprint density at radius 1 is 0.629 bits per heavy atom. The van der Waals surface area contributed by atoms with Crippen molar-refractivity contribution in [2.75, 3.05) is 0 Å². The van der Waals surface area contributed by atoms with Gasteiger partial charge in [-0.1, -0.05) is 72.8 Å². The first-order valence-corrected chi connectivity index (χ1v) is 12.6. The highest BCUT2D eigenvalue weighted by Crippen LogP contribution is 2.41. The minimum Gasteiger partial charge on any atom is -0.309 e. The molecule has 2 heterocycles. The molecule has 0 amide bonds. The predicted molar refractivity (Wildman–Crippen MR) is 152 cm³/mol. The summed E-state index contributed by atoms with van der Waals surface area (Å²) in [7, 11) is 0. The number of thiophene rings is 1. The van der Waals surface area contributed by atoms with E-state index in [0.29, 0.717) is 6.54 Å². The molecule has 0 spiro atoms. The highest BCUT2D eigenvalue weighted by molar-refractivity contribution is 7.25. The first-order chi connectivity index (χ1) is 17.3. The Morgan fingerprint density at radius 2 is 1.29 bits per heavy atom. The van der Waals surface area contributed by atoms with Gasteiger partial charge in [-0.15, -0.1) is 11.3 Å². The topological polar surface area (TPSA) is 17.3 Å². The zero-order valence-corrected chi connectivity index (χ0v) is 19.9. The molecule has 7 rings (SSSR count). The number of aromatic nitrogens is 1. The molecule has 0 atom stereocenters. The van der Waals surface area contributed by atoms with Gasteiger partial charge in [-0.3, -0.25) is 4.99 Å². The van der Waals surface area contributed by atoms with E-state index in [0.717, 1.165) is 0 Å². The lowest BCUT2D eigenvalue weighted by molar-refractivity contribution is 1.07. The highest BCUT2D eigenvalue weighted by Gasteiger charge is 2.18. The molecule has 0 saturated carbocycles. The Labute approximate surface area is 207 Å². The van der Waals surface area contributed by atoms with Gasteiger partial charge in [0.25, 0.3) is 0 Å². The second-order valence-electron chi connectivity index (χ2n) is 8.87. The van der Waals surface area contributed by atoms with Crippen molar-refractivity contribution in [1.29, 1.82) is 0 Å². The van der Waals surface area contributed by atoms with E-state index in [1.807, 2.05) is 11.3 Å². The number of aliphatic imine (C=N–C) groups is 1. The van der Waals surface area contributed by atoms with Gasteiger partial charge < -0.3 is 4.57 Å². The van der Waals surface area contributed by atoms with Crippen LogP contribution < -0.4 is 0 Å². The summed E-state index contributed by atoms with van der Waals surface area (Å²) in [5.74, 6) is 0. The maximum Gasteiger partial charge on any atom is 0.0639 e. The zero-order chi connectivity index (χ0) is 23.4. The lowest BCUT2D eigenvalue weighted by Crippen LogP contribution is -2.00. The maximum absolute atomic E-state index is 4.28. The number of benzene rings is 5. The molecule has 0 fully saturated rings. The summed E-state index contributed by atoms with van der Waals surface area (Å²) in [4.78, 5) is 4.28. The fourth-order valence-corrected chi connectivity index (χ4v) is 6.51. The van der Waals surface area contributed by atoms with Crippen molar-refractivity contribution in [2.24, 2.45) is 4.99 Å². The molecule has 0 saturated heterocycles. The Kier molecular flexibility index (Phi) is 4.58. The molecule has 0 aliphatic rings. The fraction of sp³-hybridized carbons (Fsp3) is 0.0312. The van der Waals surface area contributed by atoms with Crippen LogP contribution in [0.1, 0.15) is 5.56 Å². The zero-order valence-electron chi connectivity index (χ0n) is 19.1. The minimum absolute atomic E-state index is 0.572. The number of para-hydroxylation sites is 2. The molecule has 2 aromatic heterocycles. The van der Waals surface area contributed by atoms with E-state index in [-0.39, 0.29) is 0 Å². The van der Waals surface area contributed by atoms with Crippen molar-refractivity contribution in [3.05, 3.63) is 115 Å². The second-order valence-corrected chi connectivity index (χ2v) is 9.96. The summed E-state index contributed by atoms with van der Waals surface area (Å²) in [6, 6.07) is 39.4. The van der Waals surface area contributed by atoms with Gasteiger partial charge in [0.15, 0.2) is 0 Å². The van der Waals surface area contributed by atoms with Crippen LogP contribution in [0.25, 0.3) is 58.8 Å². The van der Waals surface area contributed by atoms with Crippen LogP contribution in [-0.4, -0.2) is 11.3 Å². The summed E-state index contributed by atoms with van der Waals surface area (Å²) in [5.41, 5.74) is 7.18. The first kappa shape index (κ1) is 20.2. The number of hydrogen-bond acceptors (Lipinski definition) is 2. The van der Waals surface area contributed by atoms with Crippen LogP contribution in [0.15, 0.2) is 114 Å². The third kappa shape index (κ3) is 3.05. The fourth-order valence-electron chi connectivity index (χ4n) is 5.42. The first-order valence-electron chi connectivity index (χ1n) is 11.8. The van der Waals surface area contributed by atoms with E-state index in [1.165, 1.54) is 64.4 Å². The van der Waals surface area contributed by atoms with Gasteiger partial charge in [-0.25, -0.2) is 0 Å².